The average molecular weight is 605 g/mol. The molecule has 2 aromatic carbocycles. The van der Waals surface area contributed by atoms with Crippen LogP contribution in [-0.4, -0.2) is 47.5 Å². The Kier molecular flexibility index (Phi) is 9.76. The third-order valence-corrected chi connectivity index (χ3v) is 8.25. The standard InChI is InChI=1S/C35H48N4O5/c1-22-16-17-26-27(23-12-9-8-10-13-23)20-29(31(41)38(28(26)18-22)21-30(40)37-34(2,3)4)39(33(36)43)25-15-11-14-24(19-25)32(42)44-35(5,6)7/h11,14-19,23,27,29H,8-10,12-13,20-21H2,1-7H3,(H2,36,43)(H,37,40). The average Bonchev–Trinajstić information content (AvgIpc) is 3.02. The van der Waals surface area contributed by atoms with Crippen LogP contribution in [0.25, 0.3) is 0 Å². The lowest BCUT2D eigenvalue weighted by Crippen LogP contribution is -2.55. The second-order valence-electron chi connectivity index (χ2n) is 14.3. The number of anilines is 2. The van der Waals surface area contributed by atoms with Crippen LogP contribution in [0, 0.1) is 12.8 Å². The number of fused-ring (bicyclic) bond motifs is 1. The maximum Gasteiger partial charge on any atom is 0.338 e. The Bertz CT molecular complexity index is 1400. The zero-order valence-electron chi connectivity index (χ0n) is 27.2. The van der Waals surface area contributed by atoms with Gasteiger partial charge in [-0.3, -0.25) is 14.5 Å². The second kappa shape index (κ2) is 13.0. The number of carbonyl (C=O) groups is 4. The fraction of sp³-hybridized carbons (Fsp3) is 0.543. The van der Waals surface area contributed by atoms with Gasteiger partial charge in [0.2, 0.25) is 5.91 Å². The van der Waals surface area contributed by atoms with E-state index in [1.807, 2.05) is 39.8 Å². The number of urea groups is 1. The van der Waals surface area contributed by atoms with Crippen molar-refractivity contribution in [1.82, 2.24) is 5.32 Å². The van der Waals surface area contributed by atoms with Gasteiger partial charge in [-0.05, 0) is 115 Å². The highest BCUT2D eigenvalue weighted by molar-refractivity contribution is 6.08. The van der Waals surface area contributed by atoms with Gasteiger partial charge < -0.3 is 20.7 Å². The first-order valence-electron chi connectivity index (χ1n) is 15.7. The number of carbonyl (C=O) groups excluding carboxylic acids is 4. The fourth-order valence-corrected chi connectivity index (χ4v) is 6.51. The van der Waals surface area contributed by atoms with E-state index < -0.39 is 29.2 Å². The van der Waals surface area contributed by atoms with Crippen molar-refractivity contribution in [3.63, 3.8) is 0 Å². The van der Waals surface area contributed by atoms with E-state index in [1.165, 1.54) is 16.2 Å². The number of primary amides is 1. The first kappa shape index (κ1) is 33.0. The summed E-state index contributed by atoms with van der Waals surface area (Å²) in [4.78, 5) is 57.0. The Morgan fingerprint density at radius 3 is 2.30 bits per heavy atom. The van der Waals surface area contributed by atoms with Crippen molar-refractivity contribution in [2.75, 3.05) is 16.3 Å². The quantitative estimate of drug-likeness (QED) is 0.379. The molecule has 2 unspecified atom stereocenters. The van der Waals surface area contributed by atoms with Crippen LogP contribution >= 0.6 is 0 Å². The van der Waals surface area contributed by atoms with E-state index in [9.17, 15) is 19.2 Å². The molecule has 1 saturated carbocycles. The molecular weight excluding hydrogens is 556 g/mol. The summed E-state index contributed by atoms with van der Waals surface area (Å²) in [7, 11) is 0. The third-order valence-electron chi connectivity index (χ3n) is 8.25. The number of aryl methyl sites for hydroxylation is 1. The zero-order chi connectivity index (χ0) is 32.4. The minimum atomic E-state index is -0.997. The van der Waals surface area contributed by atoms with Crippen LogP contribution in [0.2, 0.25) is 0 Å². The van der Waals surface area contributed by atoms with E-state index in [2.05, 4.69) is 11.4 Å². The van der Waals surface area contributed by atoms with Gasteiger partial charge in [0.15, 0.2) is 0 Å². The largest absolute Gasteiger partial charge is 0.456 e. The van der Waals surface area contributed by atoms with Crippen molar-refractivity contribution >= 4 is 35.2 Å². The van der Waals surface area contributed by atoms with Crippen LogP contribution in [0.15, 0.2) is 42.5 Å². The topological polar surface area (TPSA) is 122 Å². The van der Waals surface area contributed by atoms with Gasteiger partial charge in [-0.1, -0.05) is 37.5 Å². The van der Waals surface area contributed by atoms with Gasteiger partial charge in [-0.25, -0.2) is 9.59 Å². The molecule has 1 fully saturated rings. The van der Waals surface area contributed by atoms with Gasteiger partial charge in [-0.2, -0.15) is 0 Å². The van der Waals surface area contributed by atoms with E-state index >= 15 is 0 Å². The van der Waals surface area contributed by atoms with Crippen LogP contribution in [0.3, 0.4) is 0 Å². The molecule has 0 radical (unpaired) electrons. The molecule has 1 heterocycles. The van der Waals surface area contributed by atoms with Gasteiger partial charge in [-0.15, -0.1) is 0 Å². The maximum atomic E-state index is 14.7. The molecule has 3 N–H and O–H groups in total. The Balaban J connectivity index is 1.84. The van der Waals surface area contributed by atoms with Crippen molar-refractivity contribution < 1.29 is 23.9 Å². The van der Waals surface area contributed by atoms with Crippen molar-refractivity contribution in [3.05, 3.63) is 59.2 Å². The van der Waals surface area contributed by atoms with Crippen molar-refractivity contribution in [2.24, 2.45) is 11.7 Å². The van der Waals surface area contributed by atoms with Crippen LogP contribution in [0.4, 0.5) is 16.2 Å². The molecule has 238 valence electrons. The molecule has 2 aromatic rings. The molecule has 0 spiro atoms. The highest BCUT2D eigenvalue weighted by atomic mass is 16.6. The molecule has 2 atom stereocenters. The minimum Gasteiger partial charge on any atom is -0.456 e. The molecule has 0 aromatic heterocycles. The molecule has 1 aliphatic carbocycles. The molecule has 0 bridgehead atoms. The van der Waals surface area contributed by atoms with Gasteiger partial charge >= 0.3 is 12.0 Å². The number of nitrogens with two attached hydrogens (primary N) is 1. The van der Waals surface area contributed by atoms with Gasteiger partial charge in [0.05, 0.1) is 5.56 Å². The molecule has 9 heteroatoms. The summed E-state index contributed by atoms with van der Waals surface area (Å²) in [6.07, 6.45) is 5.78. The van der Waals surface area contributed by atoms with Crippen LogP contribution < -0.4 is 20.9 Å². The Morgan fingerprint density at radius 2 is 1.68 bits per heavy atom. The number of benzene rings is 2. The van der Waals surface area contributed by atoms with Gasteiger partial charge in [0.1, 0.15) is 18.2 Å². The molecule has 4 rings (SSSR count). The van der Waals surface area contributed by atoms with Crippen molar-refractivity contribution in [1.29, 1.82) is 0 Å². The van der Waals surface area contributed by atoms with E-state index in [1.54, 1.807) is 45.0 Å². The summed E-state index contributed by atoms with van der Waals surface area (Å²) in [5.41, 5.74) is 8.08. The number of nitrogens with zero attached hydrogens (tertiary/aromatic N) is 2. The lowest BCUT2D eigenvalue weighted by Gasteiger charge is -2.35. The first-order valence-corrected chi connectivity index (χ1v) is 15.7. The predicted molar refractivity (Wildman–Crippen MR) is 173 cm³/mol. The van der Waals surface area contributed by atoms with E-state index in [0.29, 0.717) is 23.7 Å². The van der Waals surface area contributed by atoms with E-state index in [0.717, 1.165) is 36.8 Å². The number of hydrogen-bond donors (Lipinski definition) is 2. The molecule has 0 saturated heterocycles. The molecule has 1 aliphatic heterocycles. The van der Waals surface area contributed by atoms with Crippen LogP contribution in [0.1, 0.15) is 107 Å². The summed E-state index contributed by atoms with van der Waals surface area (Å²) in [5.74, 6) is -0.955. The summed E-state index contributed by atoms with van der Waals surface area (Å²) < 4.78 is 5.56. The first-order chi connectivity index (χ1) is 20.5. The summed E-state index contributed by atoms with van der Waals surface area (Å²) >= 11 is 0. The number of amides is 4. The lowest BCUT2D eigenvalue weighted by molar-refractivity contribution is -0.125. The maximum absolute atomic E-state index is 14.7. The van der Waals surface area contributed by atoms with Crippen LogP contribution in [0.5, 0.6) is 0 Å². The SMILES string of the molecule is Cc1ccc2c(c1)N(CC(=O)NC(C)(C)C)C(=O)C(N(C(N)=O)c1cccc(C(=O)OC(C)(C)C)c1)CC2C1CCCCC1. The highest BCUT2D eigenvalue weighted by Crippen LogP contribution is 2.46. The Labute approximate surface area is 261 Å². The minimum absolute atomic E-state index is 0.0357. The highest BCUT2D eigenvalue weighted by Gasteiger charge is 2.43. The van der Waals surface area contributed by atoms with Gasteiger partial charge in [0.25, 0.3) is 5.91 Å². The van der Waals surface area contributed by atoms with E-state index in [4.69, 9.17) is 10.5 Å². The monoisotopic (exact) mass is 604 g/mol. The molecular formula is C35H48N4O5. The Hall–Kier alpha value is -3.88. The van der Waals surface area contributed by atoms with Gasteiger partial charge in [0, 0.05) is 16.9 Å². The molecule has 9 nitrogen and oxygen atoms in total. The molecule has 2 aliphatic rings. The molecule has 4 amide bonds. The van der Waals surface area contributed by atoms with Crippen LogP contribution in [-0.2, 0) is 14.3 Å². The molecule has 44 heavy (non-hydrogen) atoms. The Morgan fingerprint density at radius 1 is 1.00 bits per heavy atom. The fourth-order valence-electron chi connectivity index (χ4n) is 6.51. The van der Waals surface area contributed by atoms with Crippen molar-refractivity contribution in [2.45, 2.75) is 110 Å². The number of nitrogens with one attached hydrogen (secondary N) is 1. The van der Waals surface area contributed by atoms with Crippen molar-refractivity contribution in [3.8, 4) is 0 Å². The normalized spacial score (nSPS) is 19.5. The third kappa shape index (κ3) is 7.98. The number of ether oxygens (including phenoxy) is 1. The zero-order valence-corrected chi connectivity index (χ0v) is 27.2. The number of esters is 1. The number of hydrogen-bond acceptors (Lipinski definition) is 5. The predicted octanol–water partition coefficient (Wildman–Crippen LogP) is 6.22. The van der Waals surface area contributed by atoms with E-state index in [-0.39, 0.29) is 29.8 Å². The summed E-state index contributed by atoms with van der Waals surface area (Å²) in [6.45, 7) is 12.8. The number of rotatable bonds is 6. The summed E-state index contributed by atoms with van der Waals surface area (Å²) in [5, 5.41) is 2.97. The smallest absolute Gasteiger partial charge is 0.338 e. The summed E-state index contributed by atoms with van der Waals surface area (Å²) in [6, 6.07) is 10.7. The lowest BCUT2D eigenvalue weighted by atomic mass is 9.74. The second-order valence-corrected chi connectivity index (χ2v) is 14.3.